The molecule has 4 saturated carbocycles. The number of unbranched alkanes of at least 4 members (excludes halogenated alkanes) is 2. The molecule has 0 bridgehead atoms. The van der Waals surface area contributed by atoms with Crippen molar-refractivity contribution in [1.29, 1.82) is 0 Å². The summed E-state index contributed by atoms with van der Waals surface area (Å²) in [5.74, 6) is 1.77. The van der Waals surface area contributed by atoms with Crippen molar-refractivity contribution in [3.63, 3.8) is 0 Å². The SMILES string of the molecule is C=C1/C(=C\C=C2/CCC[C@]3(C)[C@@H](C(C)(C)/C=C/[C@H](O)C4(c5nc(CCCCC)co5)CC4)CC[C@@H]23)C[C@@H](O)C[C@@H]1O. The molecule has 0 unspecified atom stereocenters. The van der Waals surface area contributed by atoms with E-state index in [0.717, 1.165) is 48.9 Å². The first-order valence-electron chi connectivity index (χ1n) is 16.3. The van der Waals surface area contributed by atoms with Crippen LogP contribution in [0.1, 0.15) is 116 Å². The van der Waals surface area contributed by atoms with Gasteiger partial charge in [-0.15, -0.1) is 0 Å². The molecule has 0 amide bonds. The van der Waals surface area contributed by atoms with Gasteiger partial charge in [0.1, 0.15) is 6.26 Å². The number of aryl methyl sites for hydroxylation is 1. The first kappa shape index (κ1) is 30.5. The summed E-state index contributed by atoms with van der Waals surface area (Å²) >= 11 is 0. The van der Waals surface area contributed by atoms with Gasteiger partial charge < -0.3 is 19.7 Å². The number of hydrogen-bond acceptors (Lipinski definition) is 5. The van der Waals surface area contributed by atoms with E-state index < -0.39 is 18.3 Å². The fourth-order valence-electron chi connectivity index (χ4n) is 8.54. The average Bonchev–Trinajstić information content (AvgIpc) is 3.45. The second-order valence-corrected chi connectivity index (χ2v) is 14.5. The molecule has 1 aromatic heterocycles. The van der Waals surface area contributed by atoms with Crippen LogP contribution in [0.25, 0.3) is 0 Å². The molecule has 4 aliphatic carbocycles. The van der Waals surface area contributed by atoms with Gasteiger partial charge in [0.05, 0.1) is 29.4 Å². The second kappa shape index (κ2) is 12.0. The van der Waals surface area contributed by atoms with E-state index in [-0.39, 0.29) is 16.2 Å². The number of nitrogens with zero attached hydrogens (tertiary/aromatic N) is 1. The van der Waals surface area contributed by atoms with E-state index in [0.29, 0.717) is 30.6 Å². The van der Waals surface area contributed by atoms with Crippen molar-refractivity contribution in [3.8, 4) is 0 Å². The van der Waals surface area contributed by atoms with Crippen molar-refractivity contribution in [1.82, 2.24) is 4.98 Å². The quantitative estimate of drug-likeness (QED) is 0.202. The number of fused-ring (bicyclic) bond motifs is 1. The van der Waals surface area contributed by atoms with Crippen molar-refractivity contribution in [3.05, 3.63) is 65.5 Å². The molecule has 4 fully saturated rings. The standard InChI is InChI=1S/C36H53NO4/c1-6-7-8-11-27-23-41-33(37-27)36(19-20-36)32(40)16-18-34(3,4)31-15-14-29-25(10-9-17-35(29,31)5)12-13-26-21-28(38)22-30(39)24(26)2/h12-13,16,18,23,28-32,38-40H,2,6-11,14-15,17,19-22H2,1,3-5H3/b18-16+,25-12+,26-13-/t28-,29+,30+,31-,32+,35+/m1/s1. The largest absolute Gasteiger partial charge is 0.448 e. The lowest BCUT2D eigenvalue weighted by molar-refractivity contribution is 0.0705. The molecule has 0 aromatic carbocycles. The predicted octanol–water partition coefficient (Wildman–Crippen LogP) is 7.52. The molecule has 226 valence electrons. The van der Waals surface area contributed by atoms with Crippen LogP contribution >= 0.6 is 0 Å². The molecule has 5 nitrogen and oxygen atoms in total. The van der Waals surface area contributed by atoms with E-state index in [1.807, 2.05) is 6.08 Å². The molecule has 41 heavy (non-hydrogen) atoms. The minimum Gasteiger partial charge on any atom is -0.448 e. The van der Waals surface area contributed by atoms with Gasteiger partial charge in [-0.25, -0.2) is 4.98 Å². The molecule has 0 aliphatic heterocycles. The lowest BCUT2D eigenvalue weighted by Crippen LogP contribution is -2.39. The third kappa shape index (κ3) is 6.10. The third-order valence-electron chi connectivity index (χ3n) is 11.2. The molecule has 4 aliphatic rings. The Morgan fingerprint density at radius 3 is 2.68 bits per heavy atom. The van der Waals surface area contributed by atoms with Gasteiger partial charge in [-0.2, -0.15) is 0 Å². The monoisotopic (exact) mass is 563 g/mol. The number of rotatable bonds is 10. The Bertz CT molecular complexity index is 1180. The lowest BCUT2D eigenvalue weighted by atomic mass is 9.57. The molecular weight excluding hydrogens is 510 g/mol. The lowest BCUT2D eigenvalue weighted by Gasteiger charge is -2.47. The predicted molar refractivity (Wildman–Crippen MR) is 164 cm³/mol. The van der Waals surface area contributed by atoms with E-state index in [4.69, 9.17) is 9.40 Å². The van der Waals surface area contributed by atoms with E-state index >= 15 is 0 Å². The zero-order valence-electron chi connectivity index (χ0n) is 25.9. The van der Waals surface area contributed by atoms with E-state index in [1.54, 1.807) is 6.26 Å². The Morgan fingerprint density at radius 2 is 1.95 bits per heavy atom. The fraction of sp³-hybridized carbons (Fsp3) is 0.694. The summed E-state index contributed by atoms with van der Waals surface area (Å²) in [5, 5.41) is 31.8. The molecule has 5 rings (SSSR count). The summed E-state index contributed by atoms with van der Waals surface area (Å²) < 4.78 is 5.91. The molecule has 1 aromatic rings. The van der Waals surface area contributed by atoms with Gasteiger partial charge >= 0.3 is 0 Å². The van der Waals surface area contributed by atoms with Crippen LogP contribution < -0.4 is 0 Å². The van der Waals surface area contributed by atoms with Gasteiger partial charge in [-0.1, -0.05) is 77.0 Å². The maximum Gasteiger partial charge on any atom is 0.203 e. The van der Waals surface area contributed by atoms with Gasteiger partial charge in [-0.05, 0) is 98.0 Å². The first-order valence-corrected chi connectivity index (χ1v) is 16.3. The maximum absolute atomic E-state index is 11.4. The highest BCUT2D eigenvalue weighted by atomic mass is 16.3. The number of aliphatic hydroxyl groups excluding tert-OH is 3. The average molecular weight is 564 g/mol. The Labute approximate surface area is 247 Å². The van der Waals surface area contributed by atoms with Gasteiger partial charge in [0, 0.05) is 6.42 Å². The van der Waals surface area contributed by atoms with Crippen LogP contribution in [0.15, 0.2) is 58.3 Å². The number of hydrogen-bond donors (Lipinski definition) is 3. The Balaban J connectivity index is 1.28. The Morgan fingerprint density at radius 1 is 1.17 bits per heavy atom. The molecule has 0 saturated heterocycles. The second-order valence-electron chi connectivity index (χ2n) is 14.5. The van der Waals surface area contributed by atoms with E-state index in [1.165, 1.54) is 44.1 Å². The molecule has 3 N–H and O–H groups in total. The molecule has 0 radical (unpaired) electrons. The van der Waals surface area contributed by atoms with Crippen molar-refractivity contribution in [2.24, 2.45) is 22.7 Å². The normalized spacial score (nSPS) is 34.5. The smallest absolute Gasteiger partial charge is 0.203 e. The van der Waals surface area contributed by atoms with Crippen molar-refractivity contribution in [2.75, 3.05) is 0 Å². The van der Waals surface area contributed by atoms with E-state index in [2.05, 4.69) is 52.5 Å². The van der Waals surface area contributed by atoms with Crippen LogP contribution in [-0.4, -0.2) is 38.6 Å². The summed E-state index contributed by atoms with van der Waals surface area (Å²) in [4.78, 5) is 4.79. The third-order valence-corrected chi connectivity index (χ3v) is 11.2. The summed E-state index contributed by atoms with van der Waals surface area (Å²) in [5.41, 5.74) is 4.05. The van der Waals surface area contributed by atoms with E-state index in [9.17, 15) is 15.3 Å². The Hall–Kier alpha value is -1.95. The van der Waals surface area contributed by atoms with Crippen molar-refractivity contribution >= 4 is 0 Å². The van der Waals surface area contributed by atoms with Gasteiger partial charge in [0.2, 0.25) is 5.89 Å². The summed E-state index contributed by atoms with van der Waals surface area (Å²) in [7, 11) is 0. The first-order chi connectivity index (χ1) is 19.5. The minimum atomic E-state index is -0.648. The fourth-order valence-corrected chi connectivity index (χ4v) is 8.54. The highest BCUT2D eigenvalue weighted by Crippen LogP contribution is 2.62. The maximum atomic E-state index is 11.4. The van der Waals surface area contributed by atoms with Crippen LogP contribution in [-0.2, 0) is 11.8 Å². The van der Waals surface area contributed by atoms with Crippen LogP contribution in [0.5, 0.6) is 0 Å². The molecule has 5 heteroatoms. The topological polar surface area (TPSA) is 86.7 Å². The zero-order chi connectivity index (χ0) is 29.4. The minimum absolute atomic E-state index is 0.0464. The summed E-state index contributed by atoms with van der Waals surface area (Å²) in [6, 6.07) is 0. The van der Waals surface area contributed by atoms with Crippen molar-refractivity contribution < 1.29 is 19.7 Å². The van der Waals surface area contributed by atoms with Gasteiger partial charge in [0.25, 0.3) is 0 Å². The number of aliphatic hydroxyl groups is 3. The zero-order valence-corrected chi connectivity index (χ0v) is 25.9. The number of aromatic nitrogens is 1. The van der Waals surface area contributed by atoms with Crippen LogP contribution in [0, 0.1) is 22.7 Å². The number of allylic oxidation sites excluding steroid dienone is 4. The summed E-state index contributed by atoms with van der Waals surface area (Å²) in [6.45, 7) is 13.5. The van der Waals surface area contributed by atoms with Crippen LogP contribution in [0.2, 0.25) is 0 Å². The number of oxazole rings is 1. The van der Waals surface area contributed by atoms with Crippen LogP contribution in [0.3, 0.4) is 0 Å². The van der Waals surface area contributed by atoms with Crippen LogP contribution in [0.4, 0.5) is 0 Å². The molecular formula is C36H53NO4. The summed E-state index contributed by atoms with van der Waals surface area (Å²) in [6.07, 6.45) is 21.9. The highest BCUT2D eigenvalue weighted by molar-refractivity contribution is 5.39. The molecule has 1 heterocycles. The Kier molecular flexibility index (Phi) is 8.91. The van der Waals surface area contributed by atoms with Crippen molar-refractivity contribution in [2.45, 2.75) is 135 Å². The molecule has 0 spiro atoms. The molecule has 6 atom stereocenters. The van der Waals surface area contributed by atoms with Gasteiger partial charge in [0.15, 0.2) is 0 Å². The van der Waals surface area contributed by atoms with Gasteiger partial charge in [-0.3, -0.25) is 0 Å². The highest BCUT2D eigenvalue weighted by Gasteiger charge is 2.55.